The van der Waals surface area contributed by atoms with Gasteiger partial charge in [0.2, 0.25) is 0 Å². The van der Waals surface area contributed by atoms with Crippen molar-refractivity contribution in [2.75, 3.05) is 0 Å². The van der Waals surface area contributed by atoms with E-state index >= 15 is 0 Å². The van der Waals surface area contributed by atoms with E-state index in [9.17, 15) is 5.11 Å². The Morgan fingerprint density at radius 3 is 2.77 bits per heavy atom. The number of hydrogen-bond donors (Lipinski definition) is 1. The SMILES string of the molecule is C=CC(CC)c1cc(C)ccc1O. The molecule has 0 fully saturated rings. The third-order valence-corrected chi connectivity index (χ3v) is 2.31. The van der Waals surface area contributed by atoms with Gasteiger partial charge in [-0.1, -0.05) is 30.7 Å². The molecule has 0 spiro atoms. The molecule has 0 aromatic heterocycles. The zero-order chi connectivity index (χ0) is 9.84. The lowest BCUT2D eigenvalue weighted by Crippen LogP contribution is -1.93. The Hall–Kier alpha value is -1.24. The fourth-order valence-electron chi connectivity index (χ4n) is 1.48. The monoisotopic (exact) mass is 176 g/mol. The van der Waals surface area contributed by atoms with E-state index in [0.29, 0.717) is 5.75 Å². The predicted molar refractivity (Wildman–Crippen MR) is 56.1 cm³/mol. The van der Waals surface area contributed by atoms with Gasteiger partial charge >= 0.3 is 0 Å². The van der Waals surface area contributed by atoms with Crippen molar-refractivity contribution in [3.63, 3.8) is 0 Å². The van der Waals surface area contributed by atoms with Crippen LogP contribution in [0.5, 0.6) is 5.75 Å². The fourth-order valence-corrected chi connectivity index (χ4v) is 1.48. The first-order chi connectivity index (χ1) is 6.19. The third kappa shape index (κ3) is 2.11. The van der Waals surface area contributed by atoms with Crippen LogP contribution >= 0.6 is 0 Å². The summed E-state index contributed by atoms with van der Waals surface area (Å²) in [6, 6.07) is 5.68. The molecule has 0 radical (unpaired) electrons. The number of phenols is 1. The zero-order valence-electron chi connectivity index (χ0n) is 8.25. The molecule has 1 atom stereocenters. The average molecular weight is 176 g/mol. The third-order valence-electron chi connectivity index (χ3n) is 2.31. The van der Waals surface area contributed by atoms with Crippen molar-refractivity contribution < 1.29 is 5.11 Å². The molecule has 1 unspecified atom stereocenters. The maximum atomic E-state index is 9.62. The summed E-state index contributed by atoms with van der Waals surface area (Å²) in [4.78, 5) is 0. The smallest absolute Gasteiger partial charge is 0.119 e. The largest absolute Gasteiger partial charge is 0.508 e. The van der Waals surface area contributed by atoms with Crippen molar-refractivity contribution in [3.05, 3.63) is 42.0 Å². The lowest BCUT2D eigenvalue weighted by atomic mass is 9.94. The second-order valence-corrected chi connectivity index (χ2v) is 3.31. The van der Waals surface area contributed by atoms with Crippen molar-refractivity contribution in [1.82, 2.24) is 0 Å². The molecule has 0 saturated heterocycles. The van der Waals surface area contributed by atoms with Gasteiger partial charge in [0.1, 0.15) is 5.75 Å². The highest BCUT2D eigenvalue weighted by molar-refractivity contribution is 5.39. The lowest BCUT2D eigenvalue weighted by Gasteiger charge is -2.12. The summed E-state index contributed by atoms with van der Waals surface area (Å²) in [5.74, 6) is 0.636. The molecule has 13 heavy (non-hydrogen) atoms. The minimum Gasteiger partial charge on any atom is -0.508 e. The first-order valence-corrected chi connectivity index (χ1v) is 4.61. The summed E-state index contributed by atoms with van der Waals surface area (Å²) >= 11 is 0. The maximum Gasteiger partial charge on any atom is 0.119 e. The highest BCUT2D eigenvalue weighted by Gasteiger charge is 2.09. The van der Waals surface area contributed by atoms with Gasteiger partial charge in [0.15, 0.2) is 0 Å². The van der Waals surface area contributed by atoms with E-state index in [1.165, 1.54) is 5.56 Å². The maximum absolute atomic E-state index is 9.62. The minimum absolute atomic E-state index is 0.264. The van der Waals surface area contributed by atoms with E-state index < -0.39 is 0 Å². The van der Waals surface area contributed by atoms with Crippen LogP contribution in [0.15, 0.2) is 30.9 Å². The van der Waals surface area contributed by atoms with E-state index in [1.807, 2.05) is 25.1 Å². The highest BCUT2D eigenvalue weighted by Crippen LogP contribution is 2.29. The van der Waals surface area contributed by atoms with Crippen molar-refractivity contribution in [2.45, 2.75) is 26.2 Å². The lowest BCUT2D eigenvalue weighted by molar-refractivity contribution is 0.464. The standard InChI is InChI=1S/C12H16O/c1-4-10(5-2)11-8-9(3)6-7-12(11)13/h4,6-8,10,13H,1,5H2,2-3H3. The van der Waals surface area contributed by atoms with Gasteiger partial charge < -0.3 is 5.11 Å². The second kappa shape index (κ2) is 4.13. The molecule has 0 bridgehead atoms. The molecule has 0 aliphatic rings. The molecule has 1 rings (SSSR count). The Kier molecular flexibility index (Phi) is 3.13. The molecule has 0 saturated carbocycles. The van der Waals surface area contributed by atoms with Crippen LogP contribution in [0.4, 0.5) is 0 Å². The number of rotatable bonds is 3. The molecular weight excluding hydrogens is 160 g/mol. The van der Waals surface area contributed by atoms with Crippen molar-refractivity contribution >= 4 is 0 Å². The Balaban J connectivity index is 3.10. The van der Waals surface area contributed by atoms with Crippen LogP contribution in [0.2, 0.25) is 0 Å². The van der Waals surface area contributed by atoms with E-state index in [2.05, 4.69) is 13.5 Å². The van der Waals surface area contributed by atoms with E-state index in [1.54, 1.807) is 6.07 Å². The number of phenolic OH excluding ortho intramolecular Hbond substituents is 1. The number of hydrogen-bond acceptors (Lipinski definition) is 1. The average Bonchev–Trinajstić information content (AvgIpc) is 2.13. The van der Waals surface area contributed by atoms with Gasteiger partial charge in [0, 0.05) is 11.5 Å². The molecule has 1 N–H and O–H groups in total. The Morgan fingerprint density at radius 2 is 2.23 bits per heavy atom. The van der Waals surface area contributed by atoms with Crippen LogP contribution in [0.25, 0.3) is 0 Å². The number of aromatic hydroxyl groups is 1. The molecule has 0 heterocycles. The summed E-state index contributed by atoms with van der Waals surface area (Å²) in [6.45, 7) is 7.89. The van der Waals surface area contributed by atoms with Crippen LogP contribution in [0, 0.1) is 6.92 Å². The zero-order valence-corrected chi connectivity index (χ0v) is 8.25. The van der Waals surface area contributed by atoms with Gasteiger partial charge in [-0.25, -0.2) is 0 Å². The van der Waals surface area contributed by atoms with Crippen LogP contribution in [-0.2, 0) is 0 Å². The van der Waals surface area contributed by atoms with Gasteiger partial charge in [0.25, 0.3) is 0 Å². The fraction of sp³-hybridized carbons (Fsp3) is 0.333. The molecule has 1 aromatic carbocycles. The molecule has 0 aliphatic heterocycles. The predicted octanol–water partition coefficient (Wildman–Crippen LogP) is 3.38. The first kappa shape index (κ1) is 9.85. The number of benzene rings is 1. The molecule has 1 nitrogen and oxygen atoms in total. The van der Waals surface area contributed by atoms with Gasteiger partial charge in [0.05, 0.1) is 0 Å². The molecule has 1 heteroatoms. The Bertz CT molecular complexity index is 302. The van der Waals surface area contributed by atoms with Crippen LogP contribution in [0.3, 0.4) is 0 Å². The van der Waals surface area contributed by atoms with E-state index in [4.69, 9.17) is 0 Å². The topological polar surface area (TPSA) is 20.2 Å². The molecule has 0 amide bonds. The van der Waals surface area contributed by atoms with E-state index in [0.717, 1.165) is 12.0 Å². The summed E-state index contributed by atoms with van der Waals surface area (Å²) in [7, 11) is 0. The van der Waals surface area contributed by atoms with Crippen molar-refractivity contribution in [2.24, 2.45) is 0 Å². The molecule has 1 aromatic rings. The Labute approximate surface area is 79.7 Å². The van der Waals surface area contributed by atoms with Crippen LogP contribution in [0.1, 0.15) is 30.4 Å². The minimum atomic E-state index is 0.264. The summed E-state index contributed by atoms with van der Waals surface area (Å²) < 4.78 is 0. The molecule has 0 aliphatic carbocycles. The Morgan fingerprint density at radius 1 is 1.54 bits per heavy atom. The molecule has 70 valence electrons. The second-order valence-electron chi connectivity index (χ2n) is 3.31. The summed E-state index contributed by atoms with van der Waals surface area (Å²) in [5.41, 5.74) is 2.16. The van der Waals surface area contributed by atoms with Gasteiger partial charge in [-0.15, -0.1) is 6.58 Å². The van der Waals surface area contributed by atoms with Crippen LogP contribution < -0.4 is 0 Å². The summed E-state index contributed by atoms with van der Waals surface area (Å²) in [6.07, 6.45) is 2.86. The van der Waals surface area contributed by atoms with Crippen molar-refractivity contribution in [1.29, 1.82) is 0 Å². The number of aryl methyl sites for hydroxylation is 1. The summed E-state index contributed by atoms with van der Waals surface area (Å²) in [5, 5.41) is 9.62. The molecular formula is C12H16O. The quantitative estimate of drug-likeness (QED) is 0.700. The van der Waals surface area contributed by atoms with Gasteiger partial charge in [-0.3, -0.25) is 0 Å². The number of allylic oxidation sites excluding steroid dienone is 1. The normalized spacial score (nSPS) is 12.5. The highest BCUT2D eigenvalue weighted by atomic mass is 16.3. The van der Waals surface area contributed by atoms with Gasteiger partial charge in [-0.05, 0) is 19.4 Å². The van der Waals surface area contributed by atoms with Gasteiger partial charge in [-0.2, -0.15) is 0 Å². The van der Waals surface area contributed by atoms with Crippen LogP contribution in [-0.4, -0.2) is 5.11 Å². The first-order valence-electron chi connectivity index (χ1n) is 4.61. The van der Waals surface area contributed by atoms with E-state index in [-0.39, 0.29) is 5.92 Å². The van der Waals surface area contributed by atoms with Crippen molar-refractivity contribution in [3.8, 4) is 5.75 Å².